The Balaban J connectivity index is 2.78. The highest BCUT2D eigenvalue weighted by Gasteiger charge is 2.16. The summed E-state index contributed by atoms with van der Waals surface area (Å²) in [5.74, 6) is -1.31. The van der Waals surface area contributed by atoms with Gasteiger partial charge in [-0.25, -0.2) is 13.1 Å². The summed E-state index contributed by atoms with van der Waals surface area (Å²) in [5, 5.41) is 8.80. The maximum atomic E-state index is 11.0. The van der Waals surface area contributed by atoms with Crippen LogP contribution in [0.25, 0.3) is 0 Å². The predicted molar refractivity (Wildman–Crippen MR) is 64.3 cm³/mol. The summed E-state index contributed by atoms with van der Waals surface area (Å²) in [7, 11) is -3.31. The van der Waals surface area contributed by atoms with E-state index in [1.807, 2.05) is 6.07 Å². The highest BCUT2D eigenvalue weighted by atomic mass is 32.2. The van der Waals surface area contributed by atoms with E-state index in [2.05, 4.69) is 4.72 Å². The molecule has 0 aliphatic rings. The predicted octanol–water partition coefficient (Wildman–Crippen LogP) is 0.794. The third-order valence-electron chi connectivity index (χ3n) is 2.28. The molecule has 0 saturated heterocycles. The molecule has 1 atom stereocenters. The fourth-order valence-corrected chi connectivity index (χ4v) is 2.00. The lowest BCUT2D eigenvalue weighted by Gasteiger charge is -2.15. The highest BCUT2D eigenvalue weighted by molar-refractivity contribution is 7.88. The first-order valence-electron chi connectivity index (χ1n) is 5.10. The standard InChI is InChI=1S/C11H15NO4S/c1-17(15,16)12-8-10(7-11(13)14)9-5-3-2-4-6-9/h2-6,10,12H,7-8H2,1H3,(H,13,14). The first-order chi connectivity index (χ1) is 7.88. The second-order valence-electron chi connectivity index (χ2n) is 3.83. The van der Waals surface area contributed by atoms with Crippen molar-refractivity contribution in [3.05, 3.63) is 35.9 Å². The van der Waals surface area contributed by atoms with Gasteiger partial charge in [-0.05, 0) is 5.56 Å². The Morgan fingerprint density at radius 3 is 2.41 bits per heavy atom. The molecule has 1 aromatic rings. The first kappa shape index (κ1) is 13.7. The summed E-state index contributed by atoms with van der Waals surface area (Å²) in [6, 6.07) is 9.00. The van der Waals surface area contributed by atoms with Crippen molar-refractivity contribution in [1.82, 2.24) is 4.72 Å². The molecule has 94 valence electrons. The zero-order valence-corrected chi connectivity index (χ0v) is 10.3. The van der Waals surface area contributed by atoms with Gasteiger partial charge in [0, 0.05) is 12.5 Å². The second-order valence-corrected chi connectivity index (χ2v) is 5.66. The van der Waals surface area contributed by atoms with Crippen molar-refractivity contribution in [2.45, 2.75) is 12.3 Å². The van der Waals surface area contributed by atoms with Gasteiger partial charge in [0.2, 0.25) is 10.0 Å². The van der Waals surface area contributed by atoms with Gasteiger partial charge in [-0.15, -0.1) is 0 Å². The molecule has 0 aliphatic carbocycles. The van der Waals surface area contributed by atoms with Gasteiger partial charge in [-0.1, -0.05) is 30.3 Å². The van der Waals surface area contributed by atoms with E-state index in [1.54, 1.807) is 24.3 Å². The van der Waals surface area contributed by atoms with Crippen LogP contribution < -0.4 is 4.72 Å². The minimum Gasteiger partial charge on any atom is -0.481 e. The van der Waals surface area contributed by atoms with E-state index >= 15 is 0 Å². The van der Waals surface area contributed by atoms with Gasteiger partial charge in [-0.3, -0.25) is 4.79 Å². The van der Waals surface area contributed by atoms with Crippen LogP contribution in [-0.4, -0.2) is 32.3 Å². The van der Waals surface area contributed by atoms with Crippen LogP contribution in [0.4, 0.5) is 0 Å². The summed E-state index contributed by atoms with van der Waals surface area (Å²) in [4.78, 5) is 10.7. The lowest BCUT2D eigenvalue weighted by atomic mass is 9.96. The molecule has 0 fully saturated rings. The van der Waals surface area contributed by atoms with Crippen LogP contribution in [-0.2, 0) is 14.8 Å². The quantitative estimate of drug-likeness (QED) is 0.789. The van der Waals surface area contributed by atoms with E-state index in [9.17, 15) is 13.2 Å². The average molecular weight is 257 g/mol. The molecule has 0 radical (unpaired) electrons. The van der Waals surface area contributed by atoms with Crippen molar-refractivity contribution in [3.8, 4) is 0 Å². The summed E-state index contributed by atoms with van der Waals surface area (Å²) in [5.41, 5.74) is 0.811. The number of rotatable bonds is 6. The highest BCUT2D eigenvalue weighted by Crippen LogP contribution is 2.18. The Hall–Kier alpha value is -1.40. The number of aliphatic carboxylic acids is 1. The summed E-state index contributed by atoms with van der Waals surface area (Å²) in [6.07, 6.45) is 0.947. The monoisotopic (exact) mass is 257 g/mol. The first-order valence-corrected chi connectivity index (χ1v) is 6.99. The third kappa shape index (κ3) is 5.46. The molecule has 6 heteroatoms. The molecular weight excluding hydrogens is 242 g/mol. The van der Waals surface area contributed by atoms with Crippen LogP contribution in [0, 0.1) is 0 Å². The van der Waals surface area contributed by atoms with E-state index < -0.39 is 16.0 Å². The van der Waals surface area contributed by atoms with Gasteiger partial charge in [0.05, 0.1) is 12.7 Å². The smallest absolute Gasteiger partial charge is 0.304 e. The largest absolute Gasteiger partial charge is 0.481 e. The molecule has 17 heavy (non-hydrogen) atoms. The molecule has 1 unspecified atom stereocenters. The number of carbonyl (C=O) groups is 1. The Bertz CT molecular complexity index is 470. The molecule has 0 heterocycles. The Morgan fingerprint density at radius 1 is 1.35 bits per heavy atom. The summed E-state index contributed by atoms with van der Waals surface area (Å²) < 4.78 is 24.3. The van der Waals surface area contributed by atoms with E-state index in [0.717, 1.165) is 11.8 Å². The molecule has 1 rings (SSSR count). The van der Waals surface area contributed by atoms with E-state index in [1.165, 1.54) is 0 Å². The number of hydrogen-bond donors (Lipinski definition) is 2. The van der Waals surface area contributed by atoms with E-state index in [4.69, 9.17) is 5.11 Å². The van der Waals surface area contributed by atoms with Crippen molar-refractivity contribution in [1.29, 1.82) is 0 Å². The minimum atomic E-state index is -3.31. The van der Waals surface area contributed by atoms with Crippen molar-refractivity contribution >= 4 is 16.0 Å². The molecular formula is C11H15NO4S. The Labute approximate surface area is 101 Å². The molecule has 0 spiro atoms. The van der Waals surface area contributed by atoms with Gasteiger partial charge >= 0.3 is 5.97 Å². The molecule has 2 N–H and O–H groups in total. The summed E-state index contributed by atoms with van der Waals surface area (Å²) in [6.45, 7) is 0.0924. The zero-order chi connectivity index (χ0) is 12.9. The molecule has 0 aromatic heterocycles. The van der Waals surface area contributed by atoms with Crippen LogP contribution in [0.15, 0.2) is 30.3 Å². The zero-order valence-electron chi connectivity index (χ0n) is 9.46. The second kappa shape index (κ2) is 5.79. The van der Waals surface area contributed by atoms with Crippen molar-refractivity contribution in [3.63, 3.8) is 0 Å². The van der Waals surface area contributed by atoms with Crippen LogP contribution in [0.3, 0.4) is 0 Å². The number of benzene rings is 1. The fourth-order valence-electron chi connectivity index (χ4n) is 1.50. The van der Waals surface area contributed by atoms with Crippen LogP contribution in [0.1, 0.15) is 17.9 Å². The maximum Gasteiger partial charge on any atom is 0.304 e. The number of hydrogen-bond acceptors (Lipinski definition) is 3. The number of carboxylic acids is 1. The summed E-state index contributed by atoms with van der Waals surface area (Å²) >= 11 is 0. The van der Waals surface area contributed by atoms with Gasteiger partial charge in [0.15, 0.2) is 0 Å². The van der Waals surface area contributed by atoms with Crippen molar-refractivity contribution < 1.29 is 18.3 Å². The lowest BCUT2D eigenvalue weighted by molar-refractivity contribution is -0.137. The third-order valence-corrected chi connectivity index (χ3v) is 2.97. The lowest BCUT2D eigenvalue weighted by Crippen LogP contribution is -2.28. The van der Waals surface area contributed by atoms with Gasteiger partial charge < -0.3 is 5.11 Å². The molecule has 5 nitrogen and oxygen atoms in total. The topological polar surface area (TPSA) is 83.5 Å². The molecule has 0 aliphatic heterocycles. The number of sulfonamides is 1. The fraction of sp³-hybridized carbons (Fsp3) is 0.364. The van der Waals surface area contributed by atoms with Crippen LogP contribution in [0.2, 0.25) is 0 Å². The van der Waals surface area contributed by atoms with E-state index in [0.29, 0.717) is 0 Å². The molecule has 0 bridgehead atoms. The van der Waals surface area contributed by atoms with Crippen molar-refractivity contribution in [2.75, 3.05) is 12.8 Å². The normalized spacial score (nSPS) is 13.2. The molecule has 0 amide bonds. The minimum absolute atomic E-state index is 0.0924. The molecule has 1 aromatic carbocycles. The SMILES string of the molecule is CS(=O)(=O)NCC(CC(=O)O)c1ccccc1. The number of nitrogens with one attached hydrogen (secondary N) is 1. The Kier molecular flexibility index (Phi) is 4.65. The van der Waals surface area contributed by atoms with Gasteiger partial charge in [-0.2, -0.15) is 0 Å². The van der Waals surface area contributed by atoms with Crippen molar-refractivity contribution in [2.24, 2.45) is 0 Å². The van der Waals surface area contributed by atoms with Crippen LogP contribution >= 0.6 is 0 Å². The average Bonchev–Trinajstić information content (AvgIpc) is 2.24. The van der Waals surface area contributed by atoms with E-state index in [-0.39, 0.29) is 18.9 Å². The van der Waals surface area contributed by atoms with Crippen LogP contribution in [0.5, 0.6) is 0 Å². The maximum absolute atomic E-state index is 11.0. The number of carboxylic acid groups (broad SMARTS) is 1. The Morgan fingerprint density at radius 2 is 1.94 bits per heavy atom. The molecule has 0 saturated carbocycles. The van der Waals surface area contributed by atoms with Gasteiger partial charge in [0.1, 0.15) is 0 Å². The van der Waals surface area contributed by atoms with Gasteiger partial charge in [0.25, 0.3) is 0 Å².